The third kappa shape index (κ3) is 4.94. The van der Waals surface area contributed by atoms with Crippen LogP contribution in [0.4, 0.5) is 5.13 Å². The maximum atomic E-state index is 12.7. The molecule has 30 heavy (non-hydrogen) atoms. The van der Waals surface area contributed by atoms with Gasteiger partial charge in [0.05, 0.1) is 0 Å². The molecule has 1 aliphatic heterocycles. The summed E-state index contributed by atoms with van der Waals surface area (Å²) in [5.74, 6) is -1.86. The molecular formula is C15H15ClN5NaO6S2. The number of aromatic nitrogens is 1. The van der Waals surface area contributed by atoms with Crippen LogP contribution in [0, 0.1) is 0 Å². The Morgan fingerprint density at radius 1 is 1.40 bits per heavy atom. The number of halogens is 1. The second-order valence-electron chi connectivity index (χ2n) is 5.75. The Kier molecular flexibility index (Phi) is 7.85. The van der Waals surface area contributed by atoms with Crippen LogP contribution in [0.3, 0.4) is 0 Å². The summed E-state index contributed by atoms with van der Waals surface area (Å²) in [5.41, 5.74) is 5.76. The number of benzene rings is 1. The molecule has 11 nitrogen and oxygen atoms in total. The quantitative estimate of drug-likeness (QED) is 0.169. The number of hydrogen-bond acceptors (Lipinski definition) is 9. The van der Waals surface area contributed by atoms with E-state index in [0.29, 0.717) is 10.6 Å². The molecule has 0 aliphatic carbocycles. The van der Waals surface area contributed by atoms with Gasteiger partial charge in [0.25, 0.3) is 11.8 Å². The first-order valence-corrected chi connectivity index (χ1v) is 10.5. The van der Waals surface area contributed by atoms with Crippen molar-refractivity contribution in [1.29, 1.82) is 0 Å². The van der Waals surface area contributed by atoms with E-state index < -0.39 is 34.2 Å². The van der Waals surface area contributed by atoms with Crippen molar-refractivity contribution in [2.24, 2.45) is 5.16 Å². The predicted octanol–water partition coefficient (Wildman–Crippen LogP) is -0.0482. The summed E-state index contributed by atoms with van der Waals surface area (Å²) in [6.45, 7) is 0. The summed E-state index contributed by atoms with van der Waals surface area (Å²) in [6.07, 6.45) is 0. The molecule has 2 amide bonds. The van der Waals surface area contributed by atoms with Gasteiger partial charge in [-0.15, -0.1) is 11.3 Å². The Labute approximate surface area is 202 Å². The number of hydrogen-bond donors (Lipinski definition) is 3. The molecule has 0 bridgehead atoms. The minimum atomic E-state index is -4.85. The SMILES string of the molecule is CO/N=C(\C(=O)NC1C(=O)N(S(=O)(=O)O)C1c1ccc(Cl)cc1)c1csc(N)n1.[NaH]. The molecule has 2 atom stereocenters. The fraction of sp³-hybridized carbons (Fsp3) is 0.200. The van der Waals surface area contributed by atoms with E-state index in [1.54, 1.807) is 0 Å². The van der Waals surface area contributed by atoms with Gasteiger partial charge in [0.2, 0.25) is 0 Å². The van der Waals surface area contributed by atoms with E-state index in [1.165, 1.54) is 36.8 Å². The number of amides is 2. The van der Waals surface area contributed by atoms with E-state index >= 15 is 0 Å². The predicted molar refractivity (Wildman–Crippen MR) is 112 cm³/mol. The number of oxime groups is 1. The van der Waals surface area contributed by atoms with Gasteiger partial charge in [0.1, 0.15) is 24.9 Å². The van der Waals surface area contributed by atoms with Gasteiger partial charge in [-0.05, 0) is 17.7 Å². The number of nitrogens with one attached hydrogen (secondary N) is 1. The number of β-lactam (4-membered cyclic amide) rings is 1. The van der Waals surface area contributed by atoms with Crippen LogP contribution in [0.25, 0.3) is 0 Å². The Balaban J connectivity index is 0.00000320. The van der Waals surface area contributed by atoms with E-state index in [9.17, 15) is 22.6 Å². The molecule has 1 fully saturated rings. The Morgan fingerprint density at radius 2 is 2.03 bits per heavy atom. The van der Waals surface area contributed by atoms with E-state index in [1.807, 2.05) is 0 Å². The molecule has 2 heterocycles. The third-order valence-electron chi connectivity index (χ3n) is 3.96. The number of thiazole rings is 1. The number of nitrogens with zero attached hydrogens (tertiary/aromatic N) is 3. The molecule has 156 valence electrons. The number of rotatable bonds is 6. The minimum absolute atomic E-state index is 0. The Hall–Kier alpha value is -1.74. The summed E-state index contributed by atoms with van der Waals surface area (Å²) in [6, 6.07) is 3.45. The molecular weight excluding hydrogens is 469 g/mol. The fourth-order valence-corrected chi connectivity index (χ4v) is 4.30. The zero-order valence-electron chi connectivity index (χ0n) is 14.6. The van der Waals surface area contributed by atoms with Gasteiger partial charge in [0, 0.05) is 10.4 Å². The van der Waals surface area contributed by atoms with Gasteiger partial charge in [-0.3, -0.25) is 14.1 Å². The van der Waals surface area contributed by atoms with Gasteiger partial charge >= 0.3 is 39.9 Å². The van der Waals surface area contributed by atoms with Crippen LogP contribution in [-0.2, 0) is 24.7 Å². The van der Waals surface area contributed by atoms with Crippen LogP contribution >= 0.6 is 22.9 Å². The molecule has 1 aliphatic rings. The molecule has 2 unspecified atom stereocenters. The van der Waals surface area contributed by atoms with E-state index in [-0.39, 0.29) is 50.4 Å². The molecule has 3 rings (SSSR count). The van der Waals surface area contributed by atoms with Crippen molar-refractivity contribution in [2.75, 3.05) is 12.8 Å². The van der Waals surface area contributed by atoms with E-state index in [2.05, 4.69) is 20.3 Å². The van der Waals surface area contributed by atoms with E-state index in [4.69, 9.17) is 17.3 Å². The van der Waals surface area contributed by atoms with E-state index in [0.717, 1.165) is 11.3 Å². The summed E-state index contributed by atoms with van der Waals surface area (Å²) in [4.78, 5) is 33.6. The summed E-state index contributed by atoms with van der Waals surface area (Å²) < 4.78 is 32.9. The number of anilines is 1. The standard InChI is InChI=1S/C15H14ClN5O6S2.Na.H/c1-27-20-10(9-6-28-15(17)18-9)13(22)19-11-12(7-2-4-8(16)5-3-7)21(14(11)23)29(24,25)26;;/h2-6,11-12H,1H3,(H2,17,18)(H,19,22)(H,24,25,26);;/b20-10-;;. The molecule has 0 saturated carbocycles. The molecule has 15 heteroatoms. The van der Waals surface area contributed by atoms with Crippen molar-refractivity contribution < 1.29 is 27.4 Å². The third-order valence-corrected chi connectivity index (χ3v) is 5.79. The van der Waals surface area contributed by atoms with Gasteiger partial charge in [-0.25, -0.2) is 9.29 Å². The molecule has 0 radical (unpaired) electrons. The van der Waals surface area contributed by atoms with Crippen molar-refractivity contribution in [2.45, 2.75) is 12.1 Å². The van der Waals surface area contributed by atoms with Crippen LogP contribution in [0.5, 0.6) is 0 Å². The number of carbonyl (C=O) groups is 2. The Morgan fingerprint density at radius 3 is 2.53 bits per heavy atom. The van der Waals surface area contributed by atoms with Gasteiger partial charge < -0.3 is 15.9 Å². The molecule has 1 saturated heterocycles. The zero-order valence-corrected chi connectivity index (χ0v) is 17.0. The van der Waals surface area contributed by atoms with Gasteiger partial charge in [-0.1, -0.05) is 28.9 Å². The monoisotopic (exact) mass is 483 g/mol. The first-order valence-electron chi connectivity index (χ1n) is 7.83. The number of carbonyl (C=O) groups excluding carboxylic acids is 2. The Bertz CT molecular complexity index is 1090. The second-order valence-corrected chi connectivity index (χ2v) is 8.37. The molecule has 2 aromatic rings. The summed E-state index contributed by atoms with van der Waals surface area (Å²) >= 11 is 6.90. The first-order chi connectivity index (χ1) is 13.6. The van der Waals surface area contributed by atoms with Crippen molar-refractivity contribution in [1.82, 2.24) is 14.6 Å². The van der Waals surface area contributed by atoms with Crippen LogP contribution in [0.1, 0.15) is 17.3 Å². The van der Waals surface area contributed by atoms with Crippen LogP contribution in [-0.4, -0.2) is 82.5 Å². The summed E-state index contributed by atoms with van der Waals surface area (Å²) in [7, 11) is -3.64. The molecule has 0 spiro atoms. The molecule has 4 N–H and O–H groups in total. The average molecular weight is 484 g/mol. The van der Waals surface area contributed by atoms with Crippen LogP contribution in [0.2, 0.25) is 5.02 Å². The molecule has 1 aromatic heterocycles. The van der Waals surface area contributed by atoms with Gasteiger partial charge in [0.15, 0.2) is 10.8 Å². The topological polar surface area (TPSA) is 164 Å². The van der Waals surface area contributed by atoms with Crippen LogP contribution in [0.15, 0.2) is 34.8 Å². The molecule has 1 aromatic carbocycles. The van der Waals surface area contributed by atoms with Crippen LogP contribution < -0.4 is 11.1 Å². The normalized spacial score (nSPS) is 19.0. The van der Waals surface area contributed by atoms with Crippen molar-refractivity contribution in [3.63, 3.8) is 0 Å². The van der Waals surface area contributed by atoms with Crippen molar-refractivity contribution in [3.8, 4) is 0 Å². The van der Waals surface area contributed by atoms with Crippen molar-refractivity contribution >= 4 is 85.5 Å². The summed E-state index contributed by atoms with van der Waals surface area (Å²) in [5, 5.41) is 8.04. The first kappa shape index (κ1) is 24.5. The second kappa shape index (κ2) is 9.60. The fourth-order valence-electron chi connectivity index (χ4n) is 2.75. The maximum absolute atomic E-state index is 12.7. The van der Waals surface area contributed by atoms with Crippen molar-refractivity contribution in [3.05, 3.63) is 45.9 Å². The number of nitrogens with two attached hydrogens (primary N) is 1. The average Bonchev–Trinajstić information content (AvgIpc) is 3.07. The van der Waals surface area contributed by atoms with Gasteiger partial charge in [-0.2, -0.15) is 8.42 Å². The zero-order chi connectivity index (χ0) is 21.3. The number of nitrogen functional groups attached to an aromatic ring is 1.